The summed E-state index contributed by atoms with van der Waals surface area (Å²) < 4.78 is 3.08. The van der Waals surface area contributed by atoms with Crippen LogP contribution in [0.5, 0.6) is 0 Å². The van der Waals surface area contributed by atoms with Crippen molar-refractivity contribution in [2.45, 2.75) is 12.8 Å². The van der Waals surface area contributed by atoms with Crippen LogP contribution in [-0.2, 0) is 6.42 Å². The fourth-order valence-electron chi connectivity index (χ4n) is 1.41. The maximum Gasteiger partial charge on any atom is 0.138 e. The van der Waals surface area contributed by atoms with E-state index in [0.29, 0.717) is 0 Å². The lowest BCUT2D eigenvalue weighted by molar-refractivity contribution is 0.816. The number of hydrogen-bond acceptors (Lipinski definition) is 2. The molecule has 2 rings (SSSR count). The maximum atomic E-state index is 5.45. The molecule has 0 aliphatic heterocycles. The Labute approximate surface area is 91.1 Å². The maximum absolute atomic E-state index is 5.45. The summed E-state index contributed by atoms with van der Waals surface area (Å²) in [6, 6.07) is 4.01. The molecule has 0 spiro atoms. The van der Waals surface area contributed by atoms with Crippen LogP contribution in [0.15, 0.2) is 29.0 Å². The molecule has 0 unspecified atom stereocenters. The first kappa shape index (κ1) is 9.68. The van der Waals surface area contributed by atoms with Gasteiger partial charge in [-0.2, -0.15) is 0 Å². The summed E-state index contributed by atoms with van der Waals surface area (Å²) in [5.74, 6) is 0. The zero-order valence-corrected chi connectivity index (χ0v) is 9.37. The molecular formula is C10H12BrN3. The highest BCUT2D eigenvalue weighted by Crippen LogP contribution is 2.13. The number of aromatic nitrogens is 2. The molecule has 3 nitrogen and oxygen atoms in total. The van der Waals surface area contributed by atoms with Crippen molar-refractivity contribution < 1.29 is 0 Å². The first-order valence-electron chi connectivity index (χ1n) is 4.63. The molecule has 4 heteroatoms. The summed E-state index contributed by atoms with van der Waals surface area (Å²) in [7, 11) is 0. The number of pyridine rings is 1. The van der Waals surface area contributed by atoms with Gasteiger partial charge >= 0.3 is 0 Å². The average Bonchev–Trinajstić information content (AvgIpc) is 2.56. The minimum absolute atomic E-state index is 0.720. The number of hydrogen-bond donors (Lipinski definition) is 1. The summed E-state index contributed by atoms with van der Waals surface area (Å²) >= 11 is 3.42. The molecule has 0 bridgehead atoms. The first-order valence-corrected chi connectivity index (χ1v) is 5.42. The van der Waals surface area contributed by atoms with Crippen molar-refractivity contribution in [3.8, 4) is 0 Å². The van der Waals surface area contributed by atoms with E-state index in [1.807, 2.05) is 22.7 Å². The molecule has 0 aliphatic carbocycles. The molecule has 0 saturated heterocycles. The molecule has 74 valence electrons. The van der Waals surface area contributed by atoms with Crippen LogP contribution in [0.2, 0.25) is 0 Å². The topological polar surface area (TPSA) is 43.3 Å². The lowest BCUT2D eigenvalue weighted by Crippen LogP contribution is -2.00. The molecule has 0 saturated carbocycles. The molecule has 2 aromatic rings. The van der Waals surface area contributed by atoms with Crippen molar-refractivity contribution in [2.24, 2.45) is 5.73 Å². The second kappa shape index (κ2) is 4.11. The van der Waals surface area contributed by atoms with Crippen LogP contribution in [0.3, 0.4) is 0 Å². The van der Waals surface area contributed by atoms with E-state index in [0.717, 1.165) is 35.2 Å². The van der Waals surface area contributed by atoms with Gasteiger partial charge in [-0.05, 0) is 31.5 Å². The van der Waals surface area contributed by atoms with Gasteiger partial charge in [-0.1, -0.05) is 15.9 Å². The second-order valence-corrected chi connectivity index (χ2v) is 4.15. The van der Waals surface area contributed by atoms with Crippen LogP contribution in [0, 0.1) is 0 Å². The Balaban J connectivity index is 2.32. The molecule has 2 aromatic heterocycles. The number of imidazole rings is 1. The summed E-state index contributed by atoms with van der Waals surface area (Å²) in [6.45, 7) is 0.720. The van der Waals surface area contributed by atoms with E-state index in [2.05, 4.69) is 27.1 Å². The number of aryl methyl sites for hydroxylation is 1. The number of nitrogens with zero attached hydrogens (tertiary/aromatic N) is 2. The van der Waals surface area contributed by atoms with Gasteiger partial charge in [0.25, 0.3) is 0 Å². The Morgan fingerprint density at radius 2 is 2.36 bits per heavy atom. The molecule has 0 fully saturated rings. The van der Waals surface area contributed by atoms with Crippen molar-refractivity contribution in [1.82, 2.24) is 9.38 Å². The Bertz CT molecular complexity index is 436. The molecular weight excluding hydrogens is 242 g/mol. The fraction of sp³-hybridized carbons (Fsp3) is 0.300. The first-order chi connectivity index (χ1) is 6.79. The predicted molar refractivity (Wildman–Crippen MR) is 60.3 cm³/mol. The van der Waals surface area contributed by atoms with Crippen LogP contribution in [-0.4, -0.2) is 15.9 Å². The standard InChI is InChI=1S/C10H12BrN3/c11-8-3-5-14-7-9(2-1-4-12)13-10(14)6-8/h3,5-7H,1-2,4,12H2. The van der Waals surface area contributed by atoms with Gasteiger partial charge in [-0.15, -0.1) is 0 Å². The Morgan fingerprint density at radius 1 is 1.50 bits per heavy atom. The highest BCUT2D eigenvalue weighted by Gasteiger charge is 2.00. The van der Waals surface area contributed by atoms with Crippen LogP contribution < -0.4 is 5.73 Å². The van der Waals surface area contributed by atoms with E-state index in [-0.39, 0.29) is 0 Å². The van der Waals surface area contributed by atoms with Crippen LogP contribution in [0.25, 0.3) is 5.65 Å². The molecule has 0 radical (unpaired) electrons. The quantitative estimate of drug-likeness (QED) is 0.910. The molecule has 2 heterocycles. The minimum atomic E-state index is 0.720. The zero-order chi connectivity index (χ0) is 9.97. The van der Waals surface area contributed by atoms with E-state index in [1.165, 1.54) is 0 Å². The third kappa shape index (κ3) is 1.96. The molecule has 2 N–H and O–H groups in total. The van der Waals surface area contributed by atoms with Gasteiger partial charge in [-0.3, -0.25) is 0 Å². The van der Waals surface area contributed by atoms with E-state index < -0.39 is 0 Å². The summed E-state index contributed by atoms with van der Waals surface area (Å²) in [6.07, 6.45) is 6.00. The zero-order valence-electron chi connectivity index (χ0n) is 7.78. The van der Waals surface area contributed by atoms with Crippen molar-refractivity contribution in [2.75, 3.05) is 6.54 Å². The SMILES string of the molecule is NCCCc1cn2ccc(Br)cc2n1. The van der Waals surface area contributed by atoms with Crippen LogP contribution >= 0.6 is 15.9 Å². The largest absolute Gasteiger partial charge is 0.330 e. The molecule has 0 atom stereocenters. The minimum Gasteiger partial charge on any atom is -0.330 e. The summed E-state index contributed by atoms with van der Waals surface area (Å²) in [5.41, 5.74) is 7.54. The van der Waals surface area contributed by atoms with Crippen molar-refractivity contribution in [3.63, 3.8) is 0 Å². The van der Waals surface area contributed by atoms with E-state index in [1.54, 1.807) is 0 Å². The normalized spacial score (nSPS) is 11.0. The summed E-state index contributed by atoms with van der Waals surface area (Å²) in [4.78, 5) is 4.49. The van der Waals surface area contributed by atoms with Crippen LogP contribution in [0.4, 0.5) is 0 Å². The third-order valence-corrected chi connectivity index (χ3v) is 2.60. The van der Waals surface area contributed by atoms with Gasteiger partial charge in [0.2, 0.25) is 0 Å². The highest BCUT2D eigenvalue weighted by atomic mass is 79.9. The van der Waals surface area contributed by atoms with Gasteiger partial charge in [0.15, 0.2) is 0 Å². The van der Waals surface area contributed by atoms with Crippen molar-refractivity contribution in [3.05, 3.63) is 34.7 Å². The fourth-order valence-corrected chi connectivity index (χ4v) is 1.74. The predicted octanol–water partition coefficient (Wildman–Crippen LogP) is 1.99. The number of rotatable bonds is 3. The summed E-state index contributed by atoms with van der Waals surface area (Å²) in [5, 5.41) is 0. The Kier molecular flexibility index (Phi) is 2.84. The van der Waals surface area contributed by atoms with Crippen LogP contribution in [0.1, 0.15) is 12.1 Å². The monoisotopic (exact) mass is 253 g/mol. The second-order valence-electron chi connectivity index (χ2n) is 3.23. The number of nitrogens with two attached hydrogens (primary N) is 1. The average molecular weight is 254 g/mol. The van der Waals surface area contributed by atoms with Crippen molar-refractivity contribution in [1.29, 1.82) is 0 Å². The van der Waals surface area contributed by atoms with Gasteiger partial charge in [0, 0.05) is 16.9 Å². The van der Waals surface area contributed by atoms with Gasteiger partial charge in [0.1, 0.15) is 5.65 Å². The highest BCUT2D eigenvalue weighted by molar-refractivity contribution is 9.10. The number of halogens is 1. The molecule has 14 heavy (non-hydrogen) atoms. The van der Waals surface area contributed by atoms with E-state index in [4.69, 9.17) is 5.73 Å². The van der Waals surface area contributed by atoms with E-state index in [9.17, 15) is 0 Å². The van der Waals surface area contributed by atoms with Gasteiger partial charge in [-0.25, -0.2) is 4.98 Å². The van der Waals surface area contributed by atoms with E-state index >= 15 is 0 Å². The van der Waals surface area contributed by atoms with Gasteiger partial charge in [0.05, 0.1) is 5.69 Å². The smallest absolute Gasteiger partial charge is 0.138 e. The van der Waals surface area contributed by atoms with Gasteiger partial charge < -0.3 is 10.1 Å². The molecule has 0 aliphatic rings. The Morgan fingerprint density at radius 3 is 3.14 bits per heavy atom. The van der Waals surface area contributed by atoms with Crippen molar-refractivity contribution >= 4 is 21.6 Å². The lowest BCUT2D eigenvalue weighted by Gasteiger charge is -1.91. The Hall–Kier alpha value is -0.870. The number of fused-ring (bicyclic) bond motifs is 1. The third-order valence-electron chi connectivity index (χ3n) is 2.11. The molecule has 0 aromatic carbocycles. The molecule has 0 amide bonds. The lowest BCUT2D eigenvalue weighted by atomic mass is 10.2.